The first-order valence-corrected chi connectivity index (χ1v) is 10.9. The average molecular weight is 440 g/mol. The first-order valence-electron chi connectivity index (χ1n) is 8.70. The van der Waals surface area contributed by atoms with Gasteiger partial charge in [-0.1, -0.05) is 29.3 Å². The molecule has 0 unspecified atom stereocenters. The summed E-state index contributed by atoms with van der Waals surface area (Å²) in [5, 5.41) is 9.46. The molecular formula is C19H19Cl2N3O3S. The second-order valence-electron chi connectivity index (χ2n) is 6.31. The average Bonchev–Trinajstić information content (AvgIpc) is 2.70. The van der Waals surface area contributed by atoms with Crippen molar-refractivity contribution in [3.05, 3.63) is 58.1 Å². The quantitative estimate of drug-likeness (QED) is 0.690. The van der Waals surface area contributed by atoms with E-state index in [0.29, 0.717) is 55.7 Å². The van der Waals surface area contributed by atoms with E-state index in [1.54, 1.807) is 18.2 Å². The lowest BCUT2D eigenvalue weighted by Crippen LogP contribution is -2.49. The zero-order valence-corrected chi connectivity index (χ0v) is 17.3. The smallest absolute Gasteiger partial charge is 0.243 e. The van der Waals surface area contributed by atoms with Crippen LogP contribution in [0.1, 0.15) is 5.56 Å². The molecule has 0 atom stereocenters. The number of nitrogens with zero attached hydrogens (tertiary/aromatic N) is 3. The van der Waals surface area contributed by atoms with Crippen LogP contribution in [0.3, 0.4) is 0 Å². The molecule has 0 aromatic heterocycles. The lowest BCUT2D eigenvalue weighted by Gasteiger charge is -2.33. The van der Waals surface area contributed by atoms with Gasteiger partial charge in [0.2, 0.25) is 10.0 Å². The fourth-order valence-electron chi connectivity index (χ4n) is 2.93. The summed E-state index contributed by atoms with van der Waals surface area (Å²) in [6.45, 7) is 3.16. The van der Waals surface area contributed by atoms with E-state index in [0.717, 1.165) is 0 Å². The van der Waals surface area contributed by atoms with Crippen molar-refractivity contribution >= 4 is 33.2 Å². The summed E-state index contributed by atoms with van der Waals surface area (Å²) in [6.07, 6.45) is 0. The molecule has 0 amide bonds. The predicted octanol–water partition coefficient (Wildman–Crippen LogP) is 3.25. The Bertz CT molecular complexity index is 984. The van der Waals surface area contributed by atoms with E-state index in [9.17, 15) is 8.42 Å². The Labute approximate surface area is 174 Å². The van der Waals surface area contributed by atoms with Gasteiger partial charge in [-0.2, -0.15) is 9.57 Å². The van der Waals surface area contributed by atoms with Gasteiger partial charge < -0.3 is 4.74 Å². The van der Waals surface area contributed by atoms with E-state index in [4.69, 9.17) is 33.2 Å². The second-order valence-corrected chi connectivity index (χ2v) is 9.06. The Kier molecular flexibility index (Phi) is 6.81. The number of hydrogen-bond donors (Lipinski definition) is 0. The van der Waals surface area contributed by atoms with Crippen molar-refractivity contribution in [2.24, 2.45) is 0 Å². The van der Waals surface area contributed by atoms with Crippen molar-refractivity contribution in [3.63, 3.8) is 0 Å². The highest BCUT2D eigenvalue weighted by Crippen LogP contribution is 2.27. The maximum Gasteiger partial charge on any atom is 0.243 e. The molecule has 1 aliphatic heterocycles. The van der Waals surface area contributed by atoms with Gasteiger partial charge >= 0.3 is 0 Å². The number of sulfonamides is 1. The van der Waals surface area contributed by atoms with Crippen molar-refractivity contribution in [2.45, 2.75) is 4.90 Å². The van der Waals surface area contributed by atoms with Crippen LogP contribution in [0.25, 0.3) is 0 Å². The number of halogens is 2. The van der Waals surface area contributed by atoms with Gasteiger partial charge in [-0.05, 0) is 36.4 Å². The number of hydrogen-bond acceptors (Lipinski definition) is 5. The van der Waals surface area contributed by atoms with Gasteiger partial charge in [0.15, 0.2) is 0 Å². The van der Waals surface area contributed by atoms with Crippen LogP contribution in [0.4, 0.5) is 0 Å². The first kappa shape index (κ1) is 20.9. The van der Waals surface area contributed by atoms with E-state index < -0.39 is 10.0 Å². The standard InChI is InChI=1S/C19H19Cl2N3O3S/c20-18-5-4-17(13-19(18)21)28(25,26)24-8-6-23(7-9-24)10-11-27-16-3-1-2-15(12-16)14-22/h1-5,12-13H,6-11H2. The van der Waals surface area contributed by atoms with Gasteiger partial charge in [-0.3, -0.25) is 4.90 Å². The molecule has 6 nitrogen and oxygen atoms in total. The summed E-state index contributed by atoms with van der Waals surface area (Å²) in [5.74, 6) is 0.653. The predicted molar refractivity (Wildman–Crippen MR) is 108 cm³/mol. The number of nitriles is 1. The monoisotopic (exact) mass is 439 g/mol. The van der Waals surface area contributed by atoms with Crippen LogP contribution >= 0.6 is 23.2 Å². The Balaban J connectivity index is 1.51. The maximum atomic E-state index is 12.8. The van der Waals surface area contributed by atoms with E-state index >= 15 is 0 Å². The molecule has 2 aromatic carbocycles. The Morgan fingerprint density at radius 2 is 1.79 bits per heavy atom. The summed E-state index contributed by atoms with van der Waals surface area (Å²) in [6, 6.07) is 13.4. The van der Waals surface area contributed by atoms with Gasteiger partial charge in [-0.15, -0.1) is 0 Å². The summed E-state index contributed by atoms with van der Waals surface area (Å²) in [5.41, 5.74) is 0.554. The van der Waals surface area contributed by atoms with E-state index in [2.05, 4.69) is 11.0 Å². The molecule has 0 radical (unpaired) electrons. The first-order chi connectivity index (χ1) is 13.4. The Morgan fingerprint density at radius 3 is 2.46 bits per heavy atom. The fourth-order valence-corrected chi connectivity index (χ4v) is 4.74. The van der Waals surface area contributed by atoms with Gasteiger partial charge in [0.25, 0.3) is 0 Å². The fraction of sp³-hybridized carbons (Fsp3) is 0.316. The third-order valence-corrected chi connectivity index (χ3v) is 7.13. The minimum atomic E-state index is -3.59. The van der Waals surface area contributed by atoms with Crippen LogP contribution in [0.2, 0.25) is 10.0 Å². The molecule has 0 N–H and O–H groups in total. The van der Waals surface area contributed by atoms with Gasteiger partial charge in [0.1, 0.15) is 12.4 Å². The van der Waals surface area contributed by atoms with Crippen molar-refractivity contribution in [1.82, 2.24) is 9.21 Å². The maximum absolute atomic E-state index is 12.8. The topological polar surface area (TPSA) is 73.6 Å². The molecule has 28 heavy (non-hydrogen) atoms. The summed E-state index contributed by atoms with van der Waals surface area (Å²) in [7, 11) is -3.59. The normalized spacial score (nSPS) is 15.9. The van der Waals surface area contributed by atoms with Crippen molar-refractivity contribution in [3.8, 4) is 11.8 Å². The molecule has 1 aliphatic rings. The van der Waals surface area contributed by atoms with Crippen molar-refractivity contribution < 1.29 is 13.2 Å². The van der Waals surface area contributed by atoms with E-state index in [1.807, 2.05) is 6.07 Å². The molecule has 1 heterocycles. The molecule has 0 aliphatic carbocycles. The minimum Gasteiger partial charge on any atom is -0.492 e. The largest absolute Gasteiger partial charge is 0.492 e. The molecule has 2 aromatic rings. The lowest BCUT2D eigenvalue weighted by molar-refractivity contribution is 0.159. The highest BCUT2D eigenvalue weighted by molar-refractivity contribution is 7.89. The highest BCUT2D eigenvalue weighted by atomic mass is 35.5. The SMILES string of the molecule is N#Cc1cccc(OCCN2CCN(S(=O)(=O)c3ccc(Cl)c(Cl)c3)CC2)c1. The number of benzene rings is 2. The molecule has 148 valence electrons. The molecule has 1 saturated heterocycles. The molecule has 3 rings (SSSR count). The van der Waals surface area contributed by atoms with E-state index in [-0.39, 0.29) is 9.92 Å². The number of rotatable bonds is 6. The van der Waals surface area contributed by atoms with E-state index in [1.165, 1.54) is 22.5 Å². The van der Waals surface area contributed by atoms with Gasteiger partial charge in [0, 0.05) is 32.7 Å². The number of piperazine rings is 1. The molecule has 0 saturated carbocycles. The molecule has 1 fully saturated rings. The van der Waals surface area contributed by atoms with Crippen LogP contribution in [-0.2, 0) is 10.0 Å². The lowest BCUT2D eigenvalue weighted by atomic mass is 10.2. The van der Waals surface area contributed by atoms with Crippen LogP contribution in [-0.4, -0.2) is 57.0 Å². The molecular weight excluding hydrogens is 421 g/mol. The summed E-state index contributed by atoms with van der Waals surface area (Å²) >= 11 is 11.8. The second kappa shape index (κ2) is 9.12. The Morgan fingerprint density at radius 1 is 1.04 bits per heavy atom. The van der Waals surface area contributed by atoms with Gasteiger partial charge in [0.05, 0.1) is 26.6 Å². The Hall–Kier alpha value is -1.82. The number of ether oxygens (including phenoxy) is 1. The molecule has 0 spiro atoms. The van der Waals surface area contributed by atoms with Crippen LogP contribution in [0.15, 0.2) is 47.4 Å². The van der Waals surface area contributed by atoms with Crippen molar-refractivity contribution in [2.75, 3.05) is 39.3 Å². The highest BCUT2D eigenvalue weighted by Gasteiger charge is 2.28. The van der Waals surface area contributed by atoms with Gasteiger partial charge in [-0.25, -0.2) is 8.42 Å². The van der Waals surface area contributed by atoms with Crippen LogP contribution in [0, 0.1) is 11.3 Å². The minimum absolute atomic E-state index is 0.149. The zero-order chi connectivity index (χ0) is 20.1. The summed E-state index contributed by atoms with van der Waals surface area (Å²) < 4.78 is 32.7. The summed E-state index contributed by atoms with van der Waals surface area (Å²) in [4.78, 5) is 2.30. The van der Waals surface area contributed by atoms with Crippen molar-refractivity contribution in [1.29, 1.82) is 5.26 Å². The van der Waals surface area contributed by atoms with Crippen LogP contribution in [0.5, 0.6) is 5.75 Å². The zero-order valence-electron chi connectivity index (χ0n) is 15.0. The third kappa shape index (κ3) is 4.96. The molecule has 0 bridgehead atoms. The van der Waals surface area contributed by atoms with Crippen LogP contribution < -0.4 is 4.74 Å². The third-order valence-electron chi connectivity index (χ3n) is 4.50. The molecule has 9 heteroatoms.